The number of nitrogens with one attached hydrogen (secondary N) is 2. The van der Waals surface area contributed by atoms with Crippen LogP contribution in [0.1, 0.15) is 0 Å². The first-order chi connectivity index (χ1) is 4.18. The van der Waals surface area contributed by atoms with Crippen molar-refractivity contribution >= 4 is 34.0 Å². The Bertz CT molecular complexity index is 178. The minimum Gasteiger partial charge on any atom is -0.250 e. The highest BCUT2D eigenvalue weighted by atomic mass is 35.5. The van der Waals surface area contributed by atoms with Gasteiger partial charge in [-0.25, -0.2) is 0 Å². The molecule has 0 spiro atoms. The van der Waals surface area contributed by atoms with Gasteiger partial charge in [-0.3, -0.25) is 5.10 Å². The van der Waals surface area contributed by atoms with Crippen LogP contribution in [0.25, 0.3) is 0 Å². The van der Waals surface area contributed by atoms with Gasteiger partial charge >= 0.3 is 0 Å². The summed E-state index contributed by atoms with van der Waals surface area (Å²) in [6, 6.07) is 0. The molecule has 1 aromatic heterocycles. The van der Waals surface area contributed by atoms with Crippen molar-refractivity contribution in [1.82, 2.24) is 13.9 Å². The Balaban J connectivity index is 3.17. The van der Waals surface area contributed by atoms with E-state index in [1.54, 1.807) is 0 Å². The Morgan fingerprint density at radius 3 is 2.89 bits per heavy atom. The highest BCUT2D eigenvalue weighted by molar-refractivity contribution is 7.22. The summed E-state index contributed by atoms with van der Waals surface area (Å²) in [4.78, 5) is 0. The van der Waals surface area contributed by atoms with E-state index in [0.29, 0.717) is 5.15 Å². The van der Waals surface area contributed by atoms with Crippen molar-refractivity contribution in [3.8, 4) is 0 Å². The molecule has 1 unspecified atom stereocenters. The van der Waals surface area contributed by atoms with Gasteiger partial charge in [-0.15, -0.1) is 0 Å². The third-order valence-electron chi connectivity index (χ3n) is 0.709. The van der Waals surface area contributed by atoms with Gasteiger partial charge in [0.1, 0.15) is 6.26 Å². The fraction of sp³-hybridized carbons (Fsp3) is 0.333. The highest BCUT2D eigenvalue weighted by Crippen LogP contribution is 2.11. The van der Waals surface area contributed by atoms with Crippen LogP contribution in [0.2, 0.25) is 5.15 Å². The maximum atomic E-state index is 5.60. The molecule has 0 aliphatic heterocycles. The smallest absolute Gasteiger partial charge is 0.197 e. The van der Waals surface area contributed by atoms with E-state index >= 15 is 0 Å². The Hall–Kier alpha value is -0.0600. The van der Waals surface area contributed by atoms with Crippen molar-refractivity contribution < 1.29 is 0 Å². The second kappa shape index (κ2) is 2.68. The zero-order chi connectivity index (χ0) is 6.85. The lowest BCUT2D eigenvalue weighted by molar-refractivity contribution is 0.830. The van der Waals surface area contributed by atoms with Crippen molar-refractivity contribution in [3.05, 3.63) is 10.5 Å². The monoisotopic (exact) mass is 186 g/mol. The van der Waals surface area contributed by atoms with Crippen LogP contribution < -0.4 is 0 Å². The molecule has 0 aliphatic rings. The Morgan fingerprint density at radius 2 is 2.44 bits per heavy atom. The molecule has 0 bridgehead atoms. The fourth-order valence-corrected chi connectivity index (χ4v) is 2.11. The molecule has 52 valence electrons. The molecule has 0 saturated heterocycles. The first kappa shape index (κ1) is 7.05. The third-order valence-corrected chi connectivity index (χ3v) is 2.36. The van der Waals surface area contributed by atoms with Crippen molar-refractivity contribution in [2.24, 2.45) is 6.26 Å². The number of aromatic amines is 2. The predicted octanol–water partition coefficient (Wildman–Crippen LogP) is 2.21. The normalized spacial score (nSPS) is 11.7. The average Bonchev–Trinajstić information content (AvgIpc) is 1.59. The molecule has 0 fully saturated rings. The molecule has 0 radical (unpaired) electrons. The van der Waals surface area contributed by atoms with Crippen LogP contribution in [0.5, 0.6) is 0 Å². The summed E-state index contributed by atoms with van der Waals surface area (Å²) < 4.78 is 4.08. The topological polar surface area (TPSA) is 36.5 Å². The zero-order valence-electron chi connectivity index (χ0n) is 4.69. The summed E-state index contributed by atoms with van der Waals surface area (Å²) in [5.41, 5.74) is 0. The summed E-state index contributed by atoms with van der Waals surface area (Å²) in [5.74, 6) is 0. The number of hydrogen-bond donors (Lipinski definition) is 2. The van der Waals surface area contributed by atoms with Crippen LogP contribution in [-0.2, 0) is 6.26 Å². The van der Waals surface area contributed by atoms with E-state index in [-0.39, 0.29) is 10.7 Å². The van der Waals surface area contributed by atoms with E-state index < -0.39 is 0 Å². The molecule has 6 heteroatoms. The van der Waals surface area contributed by atoms with E-state index in [1.165, 1.54) is 4.32 Å². The van der Waals surface area contributed by atoms with Gasteiger partial charge in [0.15, 0.2) is 10.5 Å². The molecule has 2 N–H and O–H groups in total. The molecule has 0 saturated carbocycles. The molecular formula is C3H6Cl2N3S+. The lowest BCUT2D eigenvalue weighted by Gasteiger charge is -1.92. The quantitative estimate of drug-likeness (QED) is 0.584. The number of aromatic nitrogens is 3. The first-order valence-corrected chi connectivity index (χ1v) is 4.60. The summed E-state index contributed by atoms with van der Waals surface area (Å²) in [7, 11) is -0.0629. The van der Waals surface area contributed by atoms with Gasteiger partial charge in [-0.1, -0.05) is 20.4 Å². The Labute approximate surface area is 65.1 Å². The molecule has 9 heavy (non-hydrogen) atoms. The maximum Gasteiger partial charge on any atom is 0.197 e. The first-order valence-electron chi connectivity index (χ1n) is 2.19. The number of rotatable bonds is 0. The number of nitrogens with zero attached hydrogens (tertiary/aromatic N) is 1. The Morgan fingerprint density at radius 1 is 1.78 bits per heavy atom. The zero-order valence-corrected chi connectivity index (χ0v) is 7.02. The molecule has 0 aromatic carbocycles. The van der Waals surface area contributed by atoms with E-state index in [0.717, 1.165) is 0 Å². The van der Waals surface area contributed by atoms with Gasteiger partial charge in [-0.05, 0) is 0 Å². The van der Waals surface area contributed by atoms with Gasteiger partial charge in [0.2, 0.25) is 0 Å². The standard InChI is InChI=1S/C3H6Cl2N3S/c1-9-2-3(4)6-8(5)7-9/h2,6-7H,1H3/q+1. The van der Waals surface area contributed by atoms with Crippen LogP contribution in [-0.4, -0.2) is 13.9 Å². The van der Waals surface area contributed by atoms with Crippen molar-refractivity contribution in [3.63, 3.8) is 0 Å². The number of halogens is 2. The van der Waals surface area contributed by atoms with E-state index in [2.05, 4.69) is 9.59 Å². The van der Waals surface area contributed by atoms with Gasteiger partial charge in [0, 0.05) is 0 Å². The molecule has 1 aromatic rings. The summed E-state index contributed by atoms with van der Waals surface area (Å²) in [5, 5.41) is 5.03. The van der Waals surface area contributed by atoms with Gasteiger partial charge < -0.3 is 0 Å². The van der Waals surface area contributed by atoms with Crippen molar-refractivity contribution in [1.29, 1.82) is 0 Å². The molecule has 1 heterocycles. The number of aryl methyl sites for hydroxylation is 1. The number of H-pyrrole nitrogens is 2. The van der Waals surface area contributed by atoms with Crippen molar-refractivity contribution in [2.45, 2.75) is 0 Å². The largest absolute Gasteiger partial charge is 0.250 e. The Kier molecular flexibility index (Phi) is 2.10. The summed E-state index contributed by atoms with van der Waals surface area (Å²) >= 11 is 11.1. The fourth-order valence-electron chi connectivity index (χ4n) is 0.451. The van der Waals surface area contributed by atoms with Crippen LogP contribution in [0.3, 0.4) is 0 Å². The molecule has 3 nitrogen and oxygen atoms in total. The van der Waals surface area contributed by atoms with Crippen LogP contribution in [0.15, 0.2) is 5.38 Å². The molecule has 0 amide bonds. The maximum absolute atomic E-state index is 5.60. The van der Waals surface area contributed by atoms with Gasteiger partial charge in [0.25, 0.3) is 0 Å². The van der Waals surface area contributed by atoms with E-state index in [9.17, 15) is 0 Å². The van der Waals surface area contributed by atoms with Crippen molar-refractivity contribution in [2.75, 3.05) is 0 Å². The second-order valence-electron chi connectivity index (χ2n) is 1.51. The highest BCUT2D eigenvalue weighted by Gasteiger charge is 1.96. The molecule has 0 aliphatic carbocycles. The minimum absolute atomic E-state index is 0.0629. The molecular weight excluding hydrogens is 181 g/mol. The molecule has 1 rings (SSSR count). The SMILES string of the molecule is C[s+]1cc(Cl)[nH]n(Cl)[nH]1. The van der Waals surface area contributed by atoms with Gasteiger partial charge in [-0.2, -0.15) is 0 Å². The lowest BCUT2D eigenvalue weighted by atomic mass is 11.0. The average molecular weight is 187 g/mol. The summed E-state index contributed by atoms with van der Waals surface area (Å²) in [6.45, 7) is 0. The van der Waals surface area contributed by atoms with E-state index in [1.807, 2.05) is 11.6 Å². The van der Waals surface area contributed by atoms with Crippen LogP contribution in [0, 0.1) is 0 Å². The summed E-state index contributed by atoms with van der Waals surface area (Å²) in [6.07, 6.45) is 1.97. The van der Waals surface area contributed by atoms with Crippen LogP contribution in [0.4, 0.5) is 0 Å². The predicted molar refractivity (Wildman–Crippen MR) is 40.5 cm³/mol. The van der Waals surface area contributed by atoms with Crippen LogP contribution >= 0.6 is 34.0 Å². The molecule has 1 atom stereocenters. The number of hydrogen-bond acceptors (Lipinski definition) is 0. The minimum atomic E-state index is -0.0629. The second-order valence-corrected chi connectivity index (χ2v) is 3.79. The van der Waals surface area contributed by atoms with Gasteiger partial charge in [0.05, 0.1) is 22.4 Å². The van der Waals surface area contributed by atoms with E-state index in [4.69, 9.17) is 23.4 Å². The third kappa shape index (κ3) is 1.97. The lowest BCUT2D eigenvalue weighted by Crippen LogP contribution is -1.94.